The number of nitrogens with one attached hydrogen (secondary N) is 1. The van der Waals surface area contributed by atoms with Crippen LogP contribution in [0.25, 0.3) is 0 Å². The van der Waals surface area contributed by atoms with Crippen LogP contribution in [-0.4, -0.2) is 40.4 Å². The molecule has 6 heteroatoms. The predicted octanol–water partition coefficient (Wildman–Crippen LogP) is 2.21. The van der Waals surface area contributed by atoms with Gasteiger partial charge in [0.2, 0.25) is 0 Å². The van der Waals surface area contributed by atoms with Crippen molar-refractivity contribution in [1.29, 1.82) is 0 Å². The molecular weight excluding hydrogens is 266 g/mol. The van der Waals surface area contributed by atoms with Gasteiger partial charge in [0, 0.05) is 44.6 Å². The lowest BCUT2D eigenvalue weighted by Gasteiger charge is -2.32. The summed E-state index contributed by atoms with van der Waals surface area (Å²) >= 11 is 5.98. The summed E-state index contributed by atoms with van der Waals surface area (Å²) in [6.07, 6.45) is 1.27. The summed E-state index contributed by atoms with van der Waals surface area (Å²) in [4.78, 5) is 8.58. The molecule has 1 saturated heterocycles. The van der Waals surface area contributed by atoms with Crippen LogP contribution in [0.2, 0.25) is 5.15 Å². The van der Waals surface area contributed by atoms with Crippen molar-refractivity contribution in [3.63, 3.8) is 0 Å². The van der Waals surface area contributed by atoms with E-state index in [9.17, 15) is 5.11 Å². The zero-order valence-corrected chi connectivity index (χ0v) is 12.1. The van der Waals surface area contributed by atoms with Gasteiger partial charge in [-0.05, 0) is 0 Å². The standard InChI is InChI=1S/C13H20ClN3O2/c1-9(2)12-16-10(14)7-11(17-12)15-8-13(18)3-5-19-6-4-13/h7,9,18H,3-6,8H2,1-2H3,(H,15,16,17). The number of hydrogen-bond donors (Lipinski definition) is 2. The van der Waals surface area contributed by atoms with Crippen molar-refractivity contribution < 1.29 is 9.84 Å². The van der Waals surface area contributed by atoms with Gasteiger partial charge in [-0.2, -0.15) is 0 Å². The van der Waals surface area contributed by atoms with Crippen molar-refractivity contribution >= 4 is 17.4 Å². The highest BCUT2D eigenvalue weighted by Crippen LogP contribution is 2.22. The maximum atomic E-state index is 10.4. The summed E-state index contributed by atoms with van der Waals surface area (Å²) in [7, 11) is 0. The van der Waals surface area contributed by atoms with Crippen molar-refractivity contribution in [2.45, 2.75) is 38.2 Å². The molecular formula is C13H20ClN3O2. The third-order valence-corrected chi connectivity index (χ3v) is 3.44. The average Bonchev–Trinajstić information content (AvgIpc) is 2.37. The number of hydrogen-bond acceptors (Lipinski definition) is 5. The van der Waals surface area contributed by atoms with Crippen LogP contribution in [0.15, 0.2) is 6.07 Å². The molecule has 1 aromatic heterocycles. The summed E-state index contributed by atoms with van der Waals surface area (Å²) in [6, 6.07) is 1.68. The Balaban J connectivity index is 2.02. The largest absolute Gasteiger partial charge is 0.388 e. The molecule has 106 valence electrons. The second kappa shape index (κ2) is 6.03. The van der Waals surface area contributed by atoms with Crippen LogP contribution < -0.4 is 5.32 Å². The summed E-state index contributed by atoms with van der Waals surface area (Å²) < 4.78 is 5.25. The van der Waals surface area contributed by atoms with Crippen LogP contribution in [0.4, 0.5) is 5.82 Å². The van der Waals surface area contributed by atoms with Gasteiger partial charge in [0.1, 0.15) is 16.8 Å². The number of anilines is 1. The lowest BCUT2D eigenvalue weighted by molar-refractivity contribution is -0.0543. The van der Waals surface area contributed by atoms with Gasteiger partial charge in [-0.1, -0.05) is 25.4 Å². The molecule has 0 radical (unpaired) electrons. The van der Waals surface area contributed by atoms with Crippen molar-refractivity contribution in [2.75, 3.05) is 25.1 Å². The van der Waals surface area contributed by atoms with Gasteiger partial charge in [-0.25, -0.2) is 9.97 Å². The maximum absolute atomic E-state index is 10.4. The zero-order valence-electron chi connectivity index (χ0n) is 11.3. The molecule has 2 rings (SSSR count). The van der Waals surface area contributed by atoms with E-state index < -0.39 is 5.60 Å². The number of ether oxygens (including phenoxy) is 1. The maximum Gasteiger partial charge on any atom is 0.135 e. The Hall–Kier alpha value is -0.910. The lowest BCUT2D eigenvalue weighted by Crippen LogP contribution is -2.42. The quantitative estimate of drug-likeness (QED) is 0.830. The Morgan fingerprint density at radius 1 is 1.42 bits per heavy atom. The van der Waals surface area contributed by atoms with E-state index in [0.717, 1.165) is 0 Å². The van der Waals surface area contributed by atoms with Gasteiger partial charge in [0.15, 0.2) is 0 Å². The molecule has 0 saturated carbocycles. The highest BCUT2D eigenvalue weighted by atomic mass is 35.5. The van der Waals surface area contributed by atoms with Crippen molar-refractivity contribution in [3.8, 4) is 0 Å². The van der Waals surface area contributed by atoms with E-state index in [2.05, 4.69) is 15.3 Å². The molecule has 1 aliphatic rings. The van der Waals surface area contributed by atoms with Crippen molar-refractivity contribution in [1.82, 2.24) is 9.97 Å². The predicted molar refractivity (Wildman–Crippen MR) is 74.6 cm³/mol. The molecule has 0 amide bonds. The first-order valence-corrected chi connectivity index (χ1v) is 6.95. The third kappa shape index (κ3) is 4.03. The smallest absolute Gasteiger partial charge is 0.135 e. The van der Waals surface area contributed by atoms with E-state index in [0.29, 0.717) is 49.4 Å². The van der Waals surface area contributed by atoms with Crippen molar-refractivity contribution in [3.05, 3.63) is 17.0 Å². The van der Waals surface area contributed by atoms with Crippen molar-refractivity contribution in [2.24, 2.45) is 0 Å². The third-order valence-electron chi connectivity index (χ3n) is 3.25. The van der Waals surface area contributed by atoms with E-state index in [1.807, 2.05) is 13.8 Å². The van der Waals surface area contributed by atoms with Crippen LogP contribution >= 0.6 is 11.6 Å². The molecule has 1 aromatic rings. The van der Waals surface area contributed by atoms with E-state index in [1.54, 1.807) is 6.07 Å². The molecule has 1 fully saturated rings. The van der Waals surface area contributed by atoms with Gasteiger partial charge in [0.25, 0.3) is 0 Å². The number of aromatic nitrogens is 2. The fourth-order valence-corrected chi connectivity index (χ4v) is 2.16. The molecule has 0 bridgehead atoms. The van der Waals surface area contributed by atoms with E-state index >= 15 is 0 Å². The Labute approximate surface area is 118 Å². The van der Waals surface area contributed by atoms with E-state index in [1.165, 1.54) is 0 Å². The second-order valence-corrected chi connectivity index (χ2v) is 5.67. The Morgan fingerprint density at radius 2 is 2.11 bits per heavy atom. The van der Waals surface area contributed by atoms with Gasteiger partial charge >= 0.3 is 0 Å². The molecule has 5 nitrogen and oxygen atoms in total. The van der Waals surface area contributed by atoms with Crippen LogP contribution in [0, 0.1) is 0 Å². The normalized spacial score (nSPS) is 18.6. The van der Waals surface area contributed by atoms with Gasteiger partial charge in [-0.3, -0.25) is 0 Å². The van der Waals surface area contributed by atoms with E-state index in [4.69, 9.17) is 16.3 Å². The molecule has 19 heavy (non-hydrogen) atoms. The molecule has 2 N–H and O–H groups in total. The van der Waals surface area contributed by atoms with E-state index in [-0.39, 0.29) is 5.92 Å². The SMILES string of the molecule is CC(C)c1nc(Cl)cc(NCC2(O)CCOCC2)n1. The summed E-state index contributed by atoms with van der Waals surface area (Å²) in [5.41, 5.74) is -0.729. The number of rotatable bonds is 4. The number of halogens is 1. The molecule has 2 heterocycles. The summed E-state index contributed by atoms with van der Waals surface area (Å²) in [5.74, 6) is 1.57. The number of nitrogens with zero attached hydrogens (tertiary/aromatic N) is 2. The Bertz CT molecular complexity index is 434. The minimum absolute atomic E-state index is 0.213. The molecule has 0 aliphatic carbocycles. The van der Waals surface area contributed by atoms with Crippen LogP contribution in [0.1, 0.15) is 38.4 Å². The lowest BCUT2D eigenvalue weighted by atomic mass is 9.94. The van der Waals surface area contributed by atoms with Crippen LogP contribution in [0.3, 0.4) is 0 Å². The zero-order chi connectivity index (χ0) is 13.9. The fourth-order valence-electron chi connectivity index (χ4n) is 1.97. The average molecular weight is 286 g/mol. The van der Waals surface area contributed by atoms with Crippen LogP contribution in [-0.2, 0) is 4.74 Å². The fraction of sp³-hybridized carbons (Fsp3) is 0.692. The Morgan fingerprint density at radius 3 is 2.74 bits per heavy atom. The summed E-state index contributed by atoms with van der Waals surface area (Å²) in [5, 5.41) is 13.9. The molecule has 1 aliphatic heterocycles. The van der Waals surface area contributed by atoms with Crippen LogP contribution in [0.5, 0.6) is 0 Å². The molecule has 0 atom stereocenters. The highest BCUT2D eigenvalue weighted by molar-refractivity contribution is 6.29. The second-order valence-electron chi connectivity index (χ2n) is 5.28. The topological polar surface area (TPSA) is 67.3 Å². The molecule has 0 aromatic carbocycles. The highest BCUT2D eigenvalue weighted by Gasteiger charge is 2.29. The molecule has 0 unspecified atom stereocenters. The first-order valence-electron chi connectivity index (χ1n) is 6.57. The first kappa shape index (κ1) is 14.5. The molecule has 0 spiro atoms. The minimum Gasteiger partial charge on any atom is -0.388 e. The monoisotopic (exact) mass is 285 g/mol. The Kier molecular flexibility index (Phi) is 4.60. The minimum atomic E-state index is -0.729. The van der Waals surface area contributed by atoms with Gasteiger partial charge < -0.3 is 15.2 Å². The first-order chi connectivity index (χ1) is 8.98. The van der Waals surface area contributed by atoms with Gasteiger partial charge in [0.05, 0.1) is 5.60 Å². The number of aliphatic hydroxyl groups is 1. The van der Waals surface area contributed by atoms with Gasteiger partial charge in [-0.15, -0.1) is 0 Å². The summed E-state index contributed by atoms with van der Waals surface area (Å²) in [6.45, 7) is 5.67.